The molecule has 2 N–H and O–H groups in total. The van der Waals surface area contributed by atoms with E-state index in [4.69, 9.17) is 9.47 Å². The van der Waals surface area contributed by atoms with Gasteiger partial charge in [0.05, 0.1) is 6.61 Å². The molecule has 4 nitrogen and oxygen atoms in total. The van der Waals surface area contributed by atoms with Crippen molar-refractivity contribution in [2.24, 2.45) is 0 Å². The average Bonchev–Trinajstić information content (AvgIpc) is 2.82. The average molecular weight is 274 g/mol. The highest BCUT2D eigenvalue weighted by Gasteiger charge is 2.44. The number of fused-ring (bicyclic) bond motifs is 1. The fraction of sp³-hybridized carbons (Fsp3) is 0.375. The second-order valence-electron chi connectivity index (χ2n) is 5.04. The molecule has 1 aliphatic rings. The molecule has 0 aliphatic carbocycles. The van der Waals surface area contributed by atoms with Gasteiger partial charge in [-0.1, -0.05) is 42.5 Å². The van der Waals surface area contributed by atoms with Crippen LogP contribution >= 0.6 is 0 Å². The van der Waals surface area contributed by atoms with Gasteiger partial charge in [-0.05, 0) is 16.3 Å². The summed E-state index contributed by atoms with van der Waals surface area (Å²) >= 11 is 0. The standard InChI is InChI=1S/C16H18O4/c1-19-16-14(18)13(9-17)20-15(16)12-8-4-6-10-5-2-3-7-11(10)12/h2-8,13-18H,9H2,1H3/t13-,14-,15+,16-/m1/s1. The van der Waals surface area contributed by atoms with Crippen molar-refractivity contribution in [2.45, 2.75) is 24.4 Å². The lowest BCUT2D eigenvalue weighted by atomic mass is 9.96. The molecular weight excluding hydrogens is 256 g/mol. The second kappa shape index (κ2) is 5.50. The van der Waals surface area contributed by atoms with E-state index in [9.17, 15) is 10.2 Å². The zero-order chi connectivity index (χ0) is 14.1. The van der Waals surface area contributed by atoms with Crippen LogP contribution in [0.15, 0.2) is 42.5 Å². The third-order valence-electron chi connectivity index (χ3n) is 3.92. The van der Waals surface area contributed by atoms with E-state index in [0.717, 1.165) is 16.3 Å². The van der Waals surface area contributed by atoms with Gasteiger partial charge in [-0.3, -0.25) is 0 Å². The first-order chi connectivity index (χ1) is 9.76. The molecule has 20 heavy (non-hydrogen) atoms. The van der Waals surface area contributed by atoms with Crippen LogP contribution in [-0.4, -0.2) is 42.2 Å². The lowest BCUT2D eigenvalue weighted by Gasteiger charge is -2.20. The van der Waals surface area contributed by atoms with Gasteiger partial charge in [0.2, 0.25) is 0 Å². The van der Waals surface area contributed by atoms with Crippen molar-refractivity contribution in [1.82, 2.24) is 0 Å². The zero-order valence-corrected chi connectivity index (χ0v) is 11.3. The molecule has 0 spiro atoms. The van der Waals surface area contributed by atoms with Gasteiger partial charge in [-0.25, -0.2) is 0 Å². The number of benzene rings is 2. The number of methoxy groups -OCH3 is 1. The summed E-state index contributed by atoms with van der Waals surface area (Å²) in [4.78, 5) is 0. The van der Waals surface area contributed by atoms with E-state index in [-0.39, 0.29) is 12.7 Å². The predicted molar refractivity (Wildman–Crippen MR) is 75.5 cm³/mol. The van der Waals surface area contributed by atoms with Crippen molar-refractivity contribution in [1.29, 1.82) is 0 Å². The van der Waals surface area contributed by atoms with Gasteiger partial charge in [-0.2, -0.15) is 0 Å². The van der Waals surface area contributed by atoms with Crippen molar-refractivity contribution in [3.05, 3.63) is 48.0 Å². The monoisotopic (exact) mass is 274 g/mol. The Morgan fingerprint density at radius 2 is 1.90 bits per heavy atom. The van der Waals surface area contributed by atoms with E-state index in [1.807, 2.05) is 42.5 Å². The molecule has 0 unspecified atom stereocenters. The molecule has 0 amide bonds. The number of rotatable bonds is 3. The fourth-order valence-corrected chi connectivity index (χ4v) is 2.90. The molecule has 0 saturated carbocycles. The molecule has 0 bridgehead atoms. The number of aliphatic hydroxyl groups is 2. The number of hydrogen-bond acceptors (Lipinski definition) is 4. The Balaban J connectivity index is 2.06. The molecule has 4 heteroatoms. The maximum absolute atomic E-state index is 10.1. The number of ether oxygens (including phenoxy) is 2. The largest absolute Gasteiger partial charge is 0.394 e. The first kappa shape index (κ1) is 13.5. The van der Waals surface area contributed by atoms with E-state index in [1.165, 1.54) is 0 Å². The molecule has 0 aromatic heterocycles. The van der Waals surface area contributed by atoms with Crippen LogP contribution in [0.2, 0.25) is 0 Å². The SMILES string of the molecule is CO[C@@H]1[C@H](O)[C@@H](CO)O[C@H]1c1cccc2ccccc12. The Kier molecular flexibility index (Phi) is 3.72. The topological polar surface area (TPSA) is 58.9 Å². The maximum atomic E-state index is 10.1. The Labute approximate surface area is 117 Å². The molecule has 106 valence electrons. The highest BCUT2D eigenvalue weighted by molar-refractivity contribution is 5.86. The third-order valence-corrected chi connectivity index (χ3v) is 3.92. The minimum atomic E-state index is -0.825. The highest BCUT2D eigenvalue weighted by Crippen LogP contribution is 2.38. The molecule has 0 radical (unpaired) electrons. The van der Waals surface area contributed by atoms with Gasteiger partial charge in [0.15, 0.2) is 0 Å². The van der Waals surface area contributed by atoms with Gasteiger partial charge >= 0.3 is 0 Å². The first-order valence-corrected chi connectivity index (χ1v) is 6.71. The van der Waals surface area contributed by atoms with Crippen LogP contribution in [0.5, 0.6) is 0 Å². The number of aliphatic hydroxyl groups excluding tert-OH is 2. The second-order valence-corrected chi connectivity index (χ2v) is 5.04. The summed E-state index contributed by atoms with van der Waals surface area (Å²) in [6.07, 6.45) is -2.28. The van der Waals surface area contributed by atoms with E-state index >= 15 is 0 Å². The van der Waals surface area contributed by atoms with Crippen molar-refractivity contribution in [3.63, 3.8) is 0 Å². The summed E-state index contributed by atoms with van der Waals surface area (Å²) < 4.78 is 11.2. The van der Waals surface area contributed by atoms with Crippen LogP contribution in [0.25, 0.3) is 10.8 Å². The Bertz CT molecular complexity index is 593. The first-order valence-electron chi connectivity index (χ1n) is 6.71. The van der Waals surface area contributed by atoms with Gasteiger partial charge in [0.1, 0.15) is 24.4 Å². The maximum Gasteiger partial charge on any atom is 0.116 e. The third kappa shape index (κ3) is 2.11. The van der Waals surface area contributed by atoms with E-state index in [1.54, 1.807) is 7.11 Å². The fourth-order valence-electron chi connectivity index (χ4n) is 2.90. The van der Waals surface area contributed by atoms with Crippen molar-refractivity contribution in [3.8, 4) is 0 Å². The Morgan fingerprint density at radius 1 is 1.15 bits per heavy atom. The normalized spacial score (nSPS) is 29.9. The zero-order valence-electron chi connectivity index (χ0n) is 11.3. The van der Waals surface area contributed by atoms with Gasteiger partial charge in [0, 0.05) is 7.11 Å². The molecule has 1 saturated heterocycles. The highest BCUT2D eigenvalue weighted by atomic mass is 16.6. The predicted octanol–water partition coefficient (Wildman–Crippen LogP) is 1.65. The number of hydrogen-bond donors (Lipinski definition) is 2. The minimum Gasteiger partial charge on any atom is -0.394 e. The van der Waals surface area contributed by atoms with Crippen LogP contribution in [-0.2, 0) is 9.47 Å². The molecule has 1 heterocycles. The molecule has 4 atom stereocenters. The lowest BCUT2D eigenvalue weighted by Crippen LogP contribution is -2.33. The summed E-state index contributed by atoms with van der Waals surface area (Å²) in [5.41, 5.74) is 0.977. The summed E-state index contributed by atoms with van der Waals surface area (Å²) in [7, 11) is 1.55. The molecule has 2 aromatic rings. The molecule has 1 aliphatic heterocycles. The summed E-state index contributed by atoms with van der Waals surface area (Å²) in [6.45, 7) is -0.220. The van der Waals surface area contributed by atoms with Crippen LogP contribution in [0.3, 0.4) is 0 Å². The van der Waals surface area contributed by atoms with Crippen LogP contribution in [0.1, 0.15) is 11.7 Å². The quantitative estimate of drug-likeness (QED) is 0.893. The van der Waals surface area contributed by atoms with E-state index in [0.29, 0.717) is 0 Å². The van der Waals surface area contributed by atoms with Crippen molar-refractivity contribution < 1.29 is 19.7 Å². The molecule has 3 rings (SSSR count). The molecular formula is C16H18O4. The van der Waals surface area contributed by atoms with Crippen LogP contribution in [0.4, 0.5) is 0 Å². The smallest absolute Gasteiger partial charge is 0.116 e. The van der Waals surface area contributed by atoms with Crippen molar-refractivity contribution in [2.75, 3.05) is 13.7 Å². The Morgan fingerprint density at radius 3 is 2.65 bits per heavy atom. The summed E-state index contributed by atoms with van der Waals surface area (Å²) in [5, 5.41) is 21.6. The van der Waals surface area contributed by atoms with Crippen molar-refractivity contribution >= 4 is 10.8 Å². The molecule has 2 aromatic carbocycles. The lowest BCUT2D eigenvalue weighted by molar-refractivity contribution is -0.0228. The molecule has 1 fully saturated rings. The van der Waals surface area contributed by atoms with Crippen LogP contribution < -0.4 is 0 Å². The minimum absolute atomic E-state index is 0.220. The van der Waals surface area contributed by atoms with Crippen LogP contribution in [0, 0.1) is 0 Å². The van der Waals surface area contributed by atoms with E-state index in [2.05, 4.69) is 0 Å². The summed E-state index contributed by atoms with van der Waals surface area (Å²) in [6, 6.07) is 14.0. The van der Waals surface area contributed by atoms with Gasteiger partial charge in [0.25, 0.3) is 0 Å². The Hall–Kier alpha value is -1.46. The van der Waals surface area contributed by atoms with Gasteiger partial charge < -0.3 is 19.7 Å². The van der Waals surface area contributed by atoms with Gasteiger partial charge in [-0.15, -0.1) is 0 Å². The summed E-state index contributed by atoms with van der Waals surface area (Å²) in [5.74, 6) is 0. The van der Waals surface area contributed by atoms with E-state index < -0.39 is 18.3 Å².